The van der Waals surface area contributed by atoms with Gasteiger partial charge >= 0.3 is 5.97 Å². The zero-order valence-corrected chi connectivity index (χ0v) is 15.7. The van der Waals surface area contributed by atoms with Crippen molar-refractivity contribution in [1.82, 2.24) is 0 Å². The maximum atomic E-state index is 12.9. The van der Waals surface area contributed by atoms with E-state index in [-0.39, 0.29) is 24.3 Å². The van der Waals surface area contributed by atoms with E-state index < -0.39 is 11.9 Å². The van der Waals surface area contributed by atoms with Gasteiger partial charge in [0.15, 0.2) is 0 Å². The third kappa shape index (κ3) is 4.28. The lowest BCUT2D eigenvalue weighted by Gasteiger charge is -2.16. The van der Waals surface area contributed by atoms with Crippen molar-refractivity contribution in [3.63, 3.8) is 0 Å². The maximum absolute atomic E-state index is 12.9. The molecule has 2 amide bonds. The van der Waals surface area contributed by atoms with Gasteiger partial charge in [0.05, 0.1) is 17.7 Å². The molecular formula is C22H21NO5. The second-order valence-electron chi connectivity index (χ2n) is 6.83. The molecule has 6 heteroatoms. The summed E-state index contributed by atoms with van der Waals surface area (Å²) in [5.41, 5.74) is 1.79. The summed E-state index contributed by atoms with van der Waals surface area (Å²) in [6.07, 6.45) is 2.58. The number of nitrogens with zero attached hydrogens (tertiary/aromatic N) is 1. The number of carboxylic acid groups (broad SMARTS) is 1. The molecule has 144 valence electrons. The van der Waals surface area contributed by atoms with Gasteiger partial charge in [0.25, 0.3) is 0 Å². The largest absolute Gasteiger partial charge is 0.491 e. The predicted octanol–water partition coefficient (Wildman–Crippen LogP) is 3.62. The Kier molecular flexibility index (Phi) is 5.59. The summed E-state index contributed by atoms with van der Waals surface area (Å²) in [7, 11) is 0. The summed E-state index contributed by atoms with van der Waals surface area (Å²) in [6, 6.07) is 13.9. The van der Waals surface area contributed by atoms with Crippen molar-refractivity contribution >= 4 is 29.5 Å². The Morgan fingerprint density at radius 2 is 1.89 bits per heavy atom. The molecule has 3 rings (SSSR count). The number of hydrogen-bond acceptors (Lipinski definition) is 4. The second kappa shape index (κ2) is 8.08. The summed E-state index contributed by atoms with van der Waals surface area (Å²) in [4.78, 5) is 37.3. The van der Waals surface area contributed by atoms with Crippen molar-refractivity contribution < 1.29 is 24.2 Å². The molecule has 28 heavy (non-hydrogen) atoms. The Morgan fingerprint density at radius 1 is 1.18 bits per heavy atom. The molecule has 0 aromatic heterocycles. The predicted molar refractivity (Wildman–Crippen MR) is 105 cm³/mol. The molecule has 2 aromatic rings. The highest BCUT2D eigenvalue weighted by Crippen LogP contribution is 2.34. The topological polar surface area (TPSA) is 83.9 Å². The molecule has 1 aliphatic heterocycles. The minimum Gasteiger partial charge on any atom is -0.491 e. The monoisotopic (exact) mass is 379 g/mol. The minimum atomic E-state index is -1.07. The maximum Gasteiger partial charge on any atom is 0.328 e. The third-order valence-corrected chi connectivity index (χ3v) is 4.35. The number of ether oxygens (including phenoxy) is 1. The van der Waals surface area contributed by atoms with Crippen molar-refractivity contribution in [2.45, 2.75) is 32.3 Å². The van der Waals surface area contributed by atoms with E-state index in [4.69, 9.17) is 9.84 Å². The highest BCUT2D eigenvalue weighted by Gasteiger charge is 2.40. The van der Waals surface area contributed by atoms with Crippen LogP contribution in [0, 0.1) is 0 Å². The summed E-state index contributed by atoms with van der Waals surface area (Å²) < 4.78 is 5.61. The fraction of sp³-hybridized carbons (Fsp3) is 0.227. The molecule has 1 atom stereocenters. The summed E-state index contributed by atoms with van der Waals surface area (Å²) in [6.45, 7) is 3.87. The van der Waals surface area contributed by atoms with E-state index in [0.29, 0.717) is 17.0 Å². The van der Waals surface area contributed by atoms with E-state index in [2.05, 4.69) is 0 Å². The molecule has 1 aliphatic rings. The summed E-state index contributed by atoms with van der Waals surface area (Å²) in [5.74, 6) is -1.47. The quantitative estimate of drug-likeness (QED) is 0.612. The van der Waals surface area contributed by atoms with E-state index in [1.54, 1.807) is 36.4 Å². The van der Waals surface area contributed by atoms with E-state index in [9.17, 15) is 14.4 Å². The van der Waals surface area contributed by atoms with Crippen LogP contribution in [0.2, 0.25) is 0 Å². The summed E-state index contributed by atoms with van der Waals surface area (Å²) in [5, 5.41) is 8.75. The molecule has 0 unspecified atom stereocenters. The van der Waals surface area contributed by atoms with Crippen molar-refractivity contribution in [2.75, 3.05) is 4.90 Å². The Bertz CT molecular complexity index is 930. The molecule has 1 N–H and O–H groups in total. The van der Waals surface area contributed by atoms with Gasteiger partial charge in [0.1, 0.15) is 5.75 Å². The first-order valence-corrected chi connectivity index (χ1v) is 8.99. The molecule has 0 saturated carbocycles. The van der Waals surface area contributed by atoms with Gasteiger partial charge in [-0.05, 0) is 55.3 Å². The van der Waals surface area contributed by atoms with Crippen LogP contribution in [-0.2, 0) is 14.4 Å². The SMILES string of the molecule is CC(C)Oc1ccc([C@@H]2CC(=O)N(c3cccc(/C=C/C(=O)O)c3)C2=O)cc1. The van der Waals surface area contributed by atoms with Gasteiger partial charge in [0.2, 0.25) is 11.8 Å². The Labute approximate surface area is 163 Å². The van der Waals surface area contributed by atoms with Crippen LogP contribution in [-0.4, -0.2) is 29.0 Å². The number of carbonyl (C=O) groups excluding carboxylic acids is 2. The smallest absolute Gasteiger partial charge is 0.328 e. The van der Waals surface area contributed by atoms with Gasteiger partial charge in [-0.1, -0.05) is 24.3 Å². The number of carbonyl (C=O) groups is 3. The molecule has 2 aromatic carbocycles. The lowest BCUT2D eigenvalue weighted by molar-refractivity contribution is -0.131. The van der Waals surface area contributed by atoms with Crippen LogP contribution in [0.4, 0.5) is 5.69 Å². The first-order valence-electron chi connectivity index (χ1n) is 8.99. The molecule has 0 bridgehead atoms. The Balaban J connectivity index is 1.82. The van der Waals surface area contributed by atoms with E-state index >= 15 is 0 Å². The van der Waals surface area contributed by atoms with E-state index in [1.165, 1.54) is 11.0 Å². The average Bonchev–Trinajstić information content (AvgIpc) is 2.95. The lowest BCUT2D eigenvalue weighted by atomic mass is 9.97. The van der Waals surface area contributed by atoms with E-state index in [1.807, 2.05) is 26.0 Å². The molecule has 1 saturated heterocycles. The van der Waals surface area contributed by atoms with Crippen LogP contribution in [0.1, 0.15) is 37.3 Å². The van der Waals surface area contributed by atoms with Gasteiger partial charge in [-0.25, -0.2) is 9.69 Å². The molecule has 6 nitrogen and oxygen atoms in total. The van der Waals surface area contributed by atoms with Gasteiger partial charge in [-0.2, -0.15) is 0 Å². The van der Waals surface area contributed by atoms with Crippen molar-refractivity contribution in [3.8, 4) is 5.75 Å². The number of hydrogen-bond donors (Lipinski definition) is 1. The van der Waals surface area contributed by atoms with Crippen molar-refractivity contribution in [1.29, 1.82) is 0 Å². The number of anilines is 1. The number of benzene rings is 2. The van der Waals surface area contributed by atoms with Crippen LogP contribution in [0.25, 0.3) is 6.08 Å². The lowest BCUT2D eigenvalue weighted by Crippen LogP contribution is -2.30. The molecule has 0 radical (unpaired) electrons. The number of carboxylic acids is 1. The highest BCUT2D eigenvalue weighted by atomic mass is 16.5. The zero-order valence-electron chi connectivity index (χ0n) is 15.7. The number of amides is 2. The van der Waals surface area contributed by atoms with Gasteiger partial charge in [0, 0.05) is 12.5 Å². The Hall–Kier alpha value is -3.41. The van der Waals surface area contributed by atoms with Crippen LogP contribution in [0.15, 0.2) is 54.6 Å². The minimum absolute atomic E-state index is 0.0542. The Morgan fingerprint density at radius 3 is 2.54 bits per heavy atom. The fourth-order valence-electron chi connectivity index (χ4n) is 3.15. The number of rotatable bonds is 6. The van der Waals surface area contributed by atoms with Gasteiger partial charge < -0.3 is 9.84 Å². The normalized spacial score (nSPS) is 17.0. The molecular weight excluding hydrogens is 358 g/mol. The third-order valence-electron chi connectivity index (χ3n) is 4.35. The second-order valence-corrected chi connectivity index (χ2v) is 6.83. The molecule has 0 aliphatic carbocycles. The van der Waals surface area contributed by atoms with Crippen LogP contribution < -0.4 is 9.64 Å². The van der Waals surface area contributed by atoms with Crippen LogP contribution in [0.5, 0.6) is 5.75 Å². The van der Waals surface area contributed by atoms with Crippen LogP contribution >= 0.6 is 0 Å². The van der Waals surface area contributed by atoms with Gasteiger partial charge in [-0.15, -0.1) is 0 Å². The molecule has 1 fully saturated rings. The first-order chi connectivity index (χ1) is 13.3. The van der Waals surface area contributed by atoms with Crippen molar-refractivity contribution in [3.05, 3.63) is 65.7 Å². The fourth-order valence-corrected chi connectivity index (χ4v) is 3.15. The first kappa shape index (κ1) is 19.4. The zero-order chi connectivity index (χ0) is 20.3. The van der Waals surface area contributed by atoms with Crippen LogP contribution in [0.3, 0.4) is 0 Å². The highest BCUT2D eigenvalue weighted by molar-refractivity contribution is 6.22. The molecule has 1 heterocycles. The average molecular weight is 379 g/mol. The number of aliphatic carboxylic acids is 1. The van der Waals surface area contributed by atoms with E-state index in [0.717, 1.165) is 11.6 Å². The number of imide groups is 1. The molecule has 0 spiro atoms. The van der Waals surface area contributed by atoms with Crippen molar-refractivity contribution in [2.24, 2.45) is 0 Å². The van der Waals surface area contributed by atoms with Gasteiger partial charge in [-0.3, -0.25) is 9.59 Å². The summed E-state index contributed by atoms with van der Waals surface area (Å²) >= 11 is 0. The standard InChI is InChI=1S/C22H21NO5/c1-14(2)28-18-9-7-16(8-10-18)19-13-20(24)23(22(19)27)17-5-3-4-15(12-17)6-11-21(25)26/h3-12,14,19H,13H2,1-2H3,(H,25,26)/b11-6+/t19-/m0/s1.